The van der Waals surface area contributed by atoms with Crippen molar-refractivity contribution in [3.8, 4) is 0 Å². The van der Waals surface area contributed by atoms with Crippen LogP contribution in [0.5, 0.6) is 0 Å². The minimum atomic E-state index is -5.19. The first-order valence-corrected chi connectivity index (χ1v) is 12.6. The molecular weight excluding hydrogens is 499 g/mol. The van der Waals surface area contributed by atoms with Crippen molar-refractivity contribution in [3.63, 3.8) is 0 Å². The third-order valence-electron chi connectivity index (χ3n) is 4.68. The van der Waals surface area contributed by atoms with Gasteiger partial charge >= 0.3 is 25.3 Å². The van der Waals surface area contributed by atoms with Crippen molar-refractivity contribution < 1.29 is 46.3 Å². The molecule has 0 saturated heterocycles. The van der Waals surface area contributed by atoms with Crippen LogP contribution in [0.2, 0.25) is 0 Å². The Morgan fingerprint density at radius 3 is 1.81 bits per heavy atom. The highest BCUT2D eigenvalue weighted by Gasteiger charge is 2.59. The number of rotatable bonds is 14. The molecule has 0 unspecified atom stereocenters. The van der Waals surface area contributed by atoms with Gasteiger partial charge in [0.2, 0.25) is 5.78 Å². The van der Waals surface area contributed by atoms with Crippen LogP contribution in [0.25, 0.3) is 0 Å². The monoisotopic (exact) mass is 527 g/mol. The Kier molecular flexibility index (Phi) is 11.2. The van der Waals surface area contributed by atoms with Crippen LogP contribution >= 0.6 is 7.60 Å². The Morgan fingerprint density at radius 1 is 0.861 bits per heavy atom. The molecule has 0 saturated carbocycles. The first kappa shape index (κ1) is 29.1. The van der Waals surface area contributed by atoms with E-state index in [4.69, 9.17) is 9.47 Å². The molecule has 0 fully saturated rings. The van der Waals surface area contributed by atoms with E-state index >= 15 is 0 Å². The number of ketones is 1. The van der Waals surface area contributed by atoms with Crippen molar-refractivity contribution in [2.45, 2.75) is 45.2 Å². The summed E-state index contributed by atoms with van der Waals surface area (Å²) >= 11 is 0. The smallest absolute Gasteiger partial charge is 0.408 e. The van der Waals surface area contributed by atoms with Gasteiger partial charge in [-0.3, -0.25) is 9.36 Å². The average molecular weight is 527 g/mol. The molecule has 1 N–H and O–H groups in total. The van der Waals surface area contributed by atoms with E-state index in [1.54, 1.807) is 60.7 Å². The van der Waals surface area contributed by atoms with Gasteiger partial charge in [0.1, 0.15) is 19.3 Å². The number of hydrogen-bond donors (Lipinski definition) is 1. The molecule has 0 aliphatic heterocycles. The van der Waals surface area contributed by atoms with Crippen LogP contribution in [0, 0.1) is 0 Å². The first-order valence-electron chi connectivity index (χ1n) is 11.1. The van der Waals surface area contributed by atoms with E-state index in [0.717, 1.165) is 0 Å². The SMILES string of the molecule is CCOP(=O)(OCC)C(F)(F)C(=O)C[C@H](NC(=O)OCc1ccccc1)C(=O)OCc1ccccc1. The molecule has 0 heterocycles. The Morgan fingerprint density at radius 2 is 1.33 bits per heavy atom. The maximum absolute atomic E-state index is 14.9. The summed E-state index contributed by atoms with van der Waals surface area (Å²) in [5.41, 5.74) is -3.36. The van der Waals surface area contributed by atoms with Crippen molar-refractivity contribution in [2.75, 3.05) is 13.2 Å². The lowest BCUT2D eigenvalue weighted by Gasteiger charge is -2.26. The fraction of sp³-hybridized carbons (Fsp3) is 0.375. The van der Waals surface area contributed by atoms with Crippen LogP contribution in [0.4, 0.5) is 13.6 Å². The number of nitrogens with one attached hydrogen (secondary N) is 1. The summed E-state index contributed by atoms with van der Waals surface area (Å²) in [5.74, 6) is -3.10. The number of halogens is 2. The van der Waals surface area contributed by atoms with Crippen molar-refractivity contribution in [3.05, 3.63) is 71.8 Å². The first-order chi connectivity index (χ1) is 17.1. The van der Waals surface area contributed by atoms with E-state index in [0.29, 0.717) is 11.1 Å². The number of hydrogen-bond acceptors (Lipinski definition) is 8. The fourth-order valence-corrected chi connectivity index (χ4v) is 4.41. The van der Waals surface area contributed by atoms with Gasteiger partial charge in [0, 0.05) is 6.42 Å². The Labute approximate surface area is 207 Å². The van der Waals surface area contributed by atoms with Crippen LogP contribution in [-0.4, -0.2) is 42.8 Å². The number of carbonyl (C=O) groups is 3. The number of benzene rings is 2. The minimum absolute atomic E-state index is 0.174. The molecule has 0 spiro atoms. The molecule has 0 aliphatic rings. The van der Waals surface area contributed by atoms with Crippen molar-refractivity contribution in [2.24, 2.45) is 0 Å². The highest BCUT2D eigenvalue weighted by molar-refractivity contribution is 7.56. The average Bonchev–Trinajstić information content (AvgIpc) is 2.87. The topological polar surface area (TPSA) is 117 Å². The molecule has 12 heteroatoms. The normalized spacial score (nSPS) is 12.4. The number of Topliss-reactive ketones (excluding diaryl/α,β-unsaturated/α-hetero) is 1. The van der Waals surface area contributed by atoms with Gasteiger partial charge in [-0.1, -0.05) is 60.7 Å². The highest BCUT2D eigenvalue weighted by atomic mass is 31.2. The lowest BCUT2D eigenvalue weighted by molar-refractivity contribution is -0.150. The Bertz CT molecular complexity index is 1040. The van der Waals surface area contributed by atoms with E-state index in [1.165, 1.54) is 13.8 Å². The number of carbonyl (C=O) groups excluding carboxylic acids is 3. The van der Waals surface area contributed by atoms with E-state index in [-0.39, 0.29) is 13.2 Å². The van der Waals surface area contributed by atoms with Gasteiger partial charge in [0.05, 0.1) is 13.2 Å². The van der Waals surface area contributed by atoms with Crippen LogP contribution in [0.3, 0.4) is 0 Å². The fourth-order valence-electron chi connectivity index (χ4n) is 2.93. The number of alkyl halides is 2. The largest absolute Gasteiger partial charge is 0.459 e. The second kappa shape index (κ2) is 13.8. The van der Waals surface area contributed by atoms with Gasteiger partial charge in [-0.25, -0.2) is 9.59 Å². The molecule has 2 aromatic rings. The van der Waals surface area contributed by atoms with Crippen molar-refractivity contribution in [1.82, 2.24) is 5.32 Å². The Balaban J connectivity index is 2.16. The molecular formula is C24H28F2NO8P. The molecule has 0 aliphatic carbocycles. The van der Waals surface area contributed by atoms with E-state index in [2.05, 4.69) is 14.4 Å². The summed E-state index contributed by atoms with van der Waals surface area (Å²) in [6.07, 6.45) is -2.39. The van der Waals surface area contributed by atoms with Gasteiger partial charge in [-0.15, -0.1) is 0 Å². The van der Waals surface area contributed by atoms with Crippen LogP contribution in [0.1, 0.15) is 31.4 Å². The molecule has 36 heavy (non-hydrogen) atoms. The lowest BCUT2D eigenvalue weighted by Crippen LogP contribution is -2.46. The molecule has 0 radical (unpaired) electrons. The molecule has 1 amide bonds. The quantitative estimate of drug-likeness (QED) is 0.274. The second-order valence-electron chi connectivity index (χ2n) is 7.35. The summed E-state index contributed by atoms with van der Waals surface area (Å²) in [6.45, 7) is 1.38. The maximum atomic E-state index is 14.9. The van der Waals surface area contributed by atoms with E-state index in [9.17, 15) is 27.7 Å². The zero-order valence-corrected chi connectivity index (χ0v) is 20.7. The summed E-state index contributed by atoms with van der Waals surface area (Å²) in [5, 5.41) is 2.08. The van der Waals surface area contributed by atoms with Crippen LogP contribution in [0.15, 0.2) is 60.7 Å². The molecule has 196 valence electrons. The van der Waals surface area contributed by atoms with Gasteiger partial charge in [0.15, 0.2) is 0 Å². The van der Waals surface area contributed by atoms with Crippen molar-refractivity contribution >= 4 is 25.4 Å². The van der Waals surface area contributed by atoms with Crippen molar-refractivity contribution in [1.29, 1.82) is 0 Å². The number of amides is 1. The second-order valence-corrected chi connectivity index (χ2v) is 9.43. The minimum Gasteiger partial charge on any atom is -0.459 e. The van der Waals surface area contributed by atoms with E-state index in [1.807, 2.05) is 0 Å². The third-order valence-corrected chi connectivity index (χ3v) is 6.81. The summed E-state index contributed by atoms with van der Waals surface area (Å²) in [7, 11) is -5.19. The molecule has 0 bridgehead atoms. The standard InChI is InChI=1S/C24H28F2NO8P/c1-3-34-36(31,35-4-2)24(25,26)21(28)15-20(22(29)32-16-18-11-7-5-8-12-18)27-23(30)33-17-19-13-9-6-10-14-19/h5-14,20H,3-4,15-17H2,1-2H3,(H,27,30)/t20-/m0/s1. The summed E-state index contributed by atoms with van der Waals surface area (Å²) in [6, 6.07) is 15.2. The number of ether oxygens (including phenoxy) is 2. The lowest BCUT2D eigenvalue weighted by atomic mass is 10.1. The van der Waals surface area contributed by atoms with Gasteiger partial charge in [-0.2, -0.15) is 8.78 Å². The van der Waals surface area contributed by atoms with Crippen LogP contribution in [-0.2, 0) is 45.9 Å². The third kappa shape index (κ3) is 8.22. The van der Waals surface area contributed by atoms with Gasteiger partial charge < -0.3 is 23.8 Å². The predicted octanol–water partition coefficient (Wildman–Crippen LogP) is 4.84. The van der Waals surface area contributed by atoms with Gasteiger partial charge in [-0.05, 0) is 25.0 Å². The highest BCUT2D eigenvalue weighted by Crippen LogP contribution is 2.62. The number of esters is 1. The Hall–Kier alpha value is -3.14. The summed E-state index contributed by atoms with van der Waals surface area (Å²) in [4.78, 5) is 37.5. The maximum Gasteiger partial charge on any atom is 0.408 e. The molecule has 2 rings (SSSR count). The predicted molar refractivity (Wildman–Crippen MR) is 125 cm³/mol. The van der Waals surface area contributed by atoms with Crippen LogP contribution < -0.4 is 5.32 Å². The molecule has 0 aromatic heterocycles. The zero-order valence-electron chi connectivity index (χ0n) is 19.9. The molecule has 2 aromatic carbocycles. The van der Waals surface area contributed by atoms with E-state index < -0.39 is 56.8 Å². The molecule has 9 nitrogen and oxygen atoms in total. The van der Waals surface area contributed by atoms with Gasteiger partial charge in [0.25, 0.3) is 0 Å². The summed E-state index contributed by atoms with van der Waals surface area (Å²) < 4.78 is 61.6. The zero-order chi connectivity index (χ0) is 26.6. The molecule has 1 atom stereocenters. The number of alkyl carbamates (subject to hydrolysis) is 1.